The molecule has 1 aliphatic heterocycles. The summed E-state index contributed by atoms with van der Waals surface area (Å²) in [5.41, 5.74) is 2.40. The van der Waals surface area contributed by atoms with Gasteiger partial charge >= 0.3 is 0 Å². The number of aromatic nitrogens is 3. The Morgan fingerprint density at radius 3 is 2.79 bits per heavy atom. The lowest BCUT2D eigenvalue weighted by molar-refractivity contribution is 0.549. The Kier molecular flexibility index (Phi) is 4.25. The lowest BCUT2D eigenvalue weighted by atomic mass is 10.1. The molecule has 122 valence electrons. The summed E-state index contributed by atoms with van der Waals surface area (Å²) in [5.74, 6) is 1.07. The van der Waals surface area contributed by atoms with Crippen LogP contribution in [0.3, 0.4) is 0 Å². The topological polar surface area (TPSA) is 46.0 Å². The van der Waals surface area contributed by atoms with E-state index in [1.54, 1.807) is 0 Å². The number of hydrogen-bond acceptors (Lipinski definition) is 4. The Balaban J connectivity index is 1.40. The van der Waals surface area contributed by atoms with Gasteiger partial charge in [0.1, 0.15) is 5.82 Å². The SMILES string of the molecule is c1ccc(N2CCC(NCc3ccccc3-n3cccn3)C2)nc1. The van der Waals surface area contributed by atoms with Crippen molar-refractivity contribution in [1.82, 2.24) is 20.1 Å². The summed E-state index contributed by atoms with van der Waals surface area (Å²) in [4.78, 5) is 6.79. The van der Waals surface area contributed by atoms with Gasteiger partial charge in [-0.15, -0.1) is 0 Å². The number of para-hydroxylation sites is 1. The third kappa shape index (κ3) is 3.16. The summed E-state index contributed by atoms with van der Waals surface area (Å²) in [7, 11) is 0. The molecule has 2 aromatic heterocycles. The predicted octanol–water partition coefficient (Wildman–Crippen LogP) is 2.64. The zero-order chi connectivity index (χ0) is 16.2. The van der Waals surface area contributed by atoms with Gasteiger partial charge < -0.3 is 10.2 Å². The Bertz CT molecular complexity index is 769. The number of anilines is 1. The van der Waals surface area contributed by atoms with Gasteiger partial charge in [0.05, 0.1) is 5.69 Å². The van der Waals surface area contributed by atoms with Crippen LogP contribution in [-0.4, -0.2) is 33.9 Å². The van der Waals surface area contributed by atoms with Crippen molar-refractivity contribution in [2.45, 2.75) is 19.0 Å². The number of nitrogens with zero attached hydrogens (tertiary/aromatic N) is 4. The molecule has 0 radical (unpaired) electrons. The zero-order valence-electron chi connectivity index (χ0n) is 13.5. The minimum atomic E-state index is 0.484. The molecule has 3 aromatic rings. The van der Waals surface area contributed by atoms with Gasteiger partial charge in [0, 0.05) is 44.3 Å². The van der Waals surface area contributed by atoms with Gasteiger partial charge in [-0.05, 0) is 36.2 Å². The van der Waals surface area contributed by atoms with Crippen LogP contribution in [0.15, 0.2) is 67.1 Å². The van der Waals surface area contributed by atoms with E-state index in [1.165, 1.54) is 5.56 Å². The van der Waals surface area contributed by atoms with Crippen molar-refractivity contribution in [3.8, 4) is 5.69 Å². The highest BCUT2D eigenvalue weighted by atomic mass is 15.3. The number of benzene rings is 1. The molecule has 0 amide bonds. The van der Waals surface area contributed by atoms with Crippen LogP contribution in [0, 0.1) is 0 Å². The fourth-order valence-corrected chi connectivity index (χ4v) is 3.23. The first-order valence-corrected chi connectivity index (χ1v) is 8.37. The lowest BCUT2D eigenvalue weighted by Gasteiger charge is -2.18. The van der Waals surface area contributed by atoms with Gasteiger partial charge in [-0.2, -0.15) is 5.10 Å². The molecule has 1 saturated heterocycles. The van der Waals surface area contributed by atoms with Crippen molar-refractivity contribution in [2.75, 3.05) is 18.0 Å². The van der Waals surface area contributed by atoms with E-state index in [-0.39, 0.29) is 0 Å². The van der Waals surface area contributed by atoms with Crippen LogP contribution < -0.4 is 10.2 Å². The van der Waals surface area contributed by atoms with Crippen molar-refractivity contribution in [2.24, 2.45) is 0 Å². The first-order valence-electron chi connectivity index (χ1n) is 8.37. The zero-order valence-corrected chi connectivity index (χ0v) is 13.5. The Morgan fingerprint density at radius 2 is 1.96 bits per heavy atom. The molecule has 0 spiro atoms. The Hall–Kier alpha value is -2.66. The molecule has 24 heavy (non-hydrogen) atoms. The number of pyridine rings is 1. The van der Waals surface area contributed by atoms with Crippen LogP contribution in [0.5, 0.6) is 0 Å². The molecular formula is C19H21N5. The highest BCUT2D eigenvalue weighted by molar-refractivity contribution is 5.41. The van der Waals surface area contributed by atoms with Crippen molar-refractivity contribution >= 4 is 5.82 Å². The summed E-state index contributed by atoms with van der Waals surface area (Å²) < 4.78 is 1.92. The maximum atomic E-state index is 4.45. The normalized spacial score (nSPS) is 17.3. The van der Waals surface area contributed by atoms with Crippen LogP contribution in [0.4, 0.5) is 5.82 Å². The molecule has 0 saturated carbocycles. The van der Waals surface area contributed by atoms with Crippen LogP contribution in [0.2, 0.25) is 0 Å². The molecule has 1 aromatic carbocycles. The van der Waals surface area contributed by atoms with Gasteiger partial charge in [-0.3, -0.25) is 0 Å². The minimum absolute atomic E-state index is 0.484. The number of rotatable bonds is 5. The van der Waals surface area contributed by atoms with E-state index in [4.69, 9.17) is 0 Å². The molecule has 5 nitrogen and oxygen atoms in total. The largest absolute Gasteiger partial charge is 0.355 e. The molecule has 1 N–H and O–H groups in total. The highest BCUT2D eigenvalue weighted by Crippen LogP contribution is 2.19. The molecule has 3 heterocycles. The second-order valence-corrected chi connectivity index (χ2v) is 6.08. The molecule has 0 aliphatic carbocycles. The van der Waals surface area contributed by atoms with E-state index in [0.717, 1.165) is 37.6 Å². The van der Waals surface area contributed by atoms with Gasteiger partial charge in [0.15, 0.2) is 0 Å². The van der Waals surface area contributed by atoms with E-state index in [2.05, 4.69) is 50.6 Å². The molecule has 1 atom stereocenters. The number of hydrogen-bond donors (Lipinski definition) is 1. The molecular weight excluding hydrogens is 298 g/mol. The summed E-state index contributed by atoms with van der Waals surface area (Å²) in [6.07, 6.45) is 6.79. The van der Waals surface area contributed by atoms with Crippen LogP contribution in [-0.2, 0) is 6.54 Å². The third-order valence-corrected chi connectivity index (χ3v) is 4.49. The lowest BCUT2D eigenvalue weighted by Crippen LogP contribution is -2.32. The van der Waals surface area contributed by atoms with Crippen molar-refractivity contribution in [1.29, 1.82) is 0 Å². The van der Waals surface area contributed by atoms with Crippen molar-refractivity contribution in [3.63, 3.8) is 0 Å². The van der Waals surface area contributed by atoms with Gasteiger partial charge in [0.2, 0.25) is 0 Å². The first-order chi connectivity index (χ1) is 11.9. The molecule has 4 rings (SSSR count). The van der Waals surface area contributed by atoms with Gasteiger partial charge in [-0.1, -0.05) is 24.3 Å². The number of nitrogens with one attached hydrogen (secondary N) is 1. The fourth-order valence-electron chi connectivity index (χ4n) is 3.23. The van der Waals surface area contributed by atoms with E-state index in [9.17, 15) is 0 Å². The average molecular weight is 319 g/mol. The third-order valence-electron chi connectivity index (χ3n) is 4.49. The van der Waals surface area contributed by atoms with Crippen molar-refractivity contribution < 1.29 is 0 Å². The van der Waals surface area contributed by atoms with Crippen LogP contribution in [0.1, 0.15) is 12.0 Å². The van der Waals surface area contributed by atoms with Crippen LogP contribution >= 0.6 is 0 Å². The molecule has 1 aliphatic rings. The second kappa shape index (κ2) is 6.84. The Labute approximate surface area is 142 Å². The fraction of sp³-hybridized carbons (Fsp3) is 0.263. The molecule has 0 bridgehead atoms. The summed E-state index contributed by atoms with van der Waals surface area (Å²) in [5, 5.41) is 8.04. The van der Waals surface area contributed by atoms with E-state index in [1.807, 2.05) is 41.5 Å². The van der Waals surface area contributed by atoms with Crippen LogP contribution in [0.25, 0.3) is 5.69 Å². The molecule has 5 heteroatoms. The first kappa shape index (κ1) is 14.9. The average Bonchev–Trinajstić information content (AvgIpc) is 3.33. The summed E-state index contributed by atoms with van der Waals surface area (Å²) >= 11 is 0. The second-order valence-electron chi connectivity index (χ2n) is 6.08. The smallest absolute Gasteiger partial charge is 0.128 e. The van der Waals surface area contributed by atoms with Gasteiger partial charge in [-0.25, -0.2) is 9.67 Å². The molecule has 1 fully saturated rings. The Morgan fingerprint density at radius 1 is 1.04 bits per heavy atom. The highest BCUT2D eigenvalue weighted by Gasteiger charge is 2.23. The van der Waals surface area contributed by atoms with E-state index in [0.29, 0.717) is 6.04 Å². The summed E-state index contributed by atoms with van der Waals surface area (Å²) in [6, 6.07) is 16.9. The molecule has 1 unspecified atom stereocenters. The van der Waals surface area contributed by atoms with Crippen molar-refractivity contribution in [3.05, 3.63) is 72.7 Å². The standard InChI is InChI=1S/C19H21N5/c1-2-7-18(24-12-5-11-22-24)16(6-1)14-21-17-9-13-23(15-17)19-8-3-4-10-20-19/h1-8,10-12,17,21H,9,13-15H2. The maximum absolute atomic E-state index is 4.45. The van der Waals surface area contributed by atoms with E-state index >= 15 is 0 Å². The van der Waals surface area contributed by atoms with Gasteiger partial charge in [0.25, 0.3) is 0 Å². The summed E-state index contributed by atoms with van der Waals surface area (Å²) in [6.45, 7) is 2.90. The monoisotopic (exact) mass is 319 g/mol. The maximum Gasteiger partial charge on any atom is 0.128 e. The predicted molar refractivity (Wildman–Crippen MR) is 95.3 cm³/mol. The minimum Gasteiger partial charge on any atom is -0.355 e. The van der Waals surface area contributed by atoms with E-state index < -0.39 is 0 Å². The quantitative estimate of drug-likeness (QED) is 0.785.